The number of carbonyl (C=O) groups is 1. The zero-order valence-corrected chi connectivity index (χ0v) is 17.1. The van der Waals surface area contributed by atoms with Crippen LogP contribution in [-0.4, -0.2) is 36.9 Å². The van der Waals surface area contributed by atoms with Crippen molar-refractivity contribution in [2.75, 3.05) is 25.0 Å². The molecular weight excluding hydrogens is 332 g/mol. The molecule has 1 aliphatic heterocycles. The van der Waals surface area contributed by atoms with E-state index >= 15 is 0 Å². The minimum absolute atomic E-state index is 0.167. The fraction of sp³-hybridized carbons (Fsp3) is 0.458. The molecule has 27 heavy (non-hydrogen) atoms. The Kier molecular flexibility index (Phi) is 6.33. The summed E-state index contributed by atoms with van der Waals surface area (Å²) >= 11 is 0. The van der Waals surface area contributed by atoms with E-state index in [4.69, 9.17) is 0 Å². The number of likely N-dealkylation sites (N-methyl/N-ethyl adjacent to an activating group) is 1. The van der Waals surface area contributed by atoms with E-state index in [1.165, 1.54) is 68.6 Å². The summed E-state index contributed by atoms with van der Waals surface area (Å²) in [6.07, 6.45) is 3.90. The lowest BCUT2D eigenvalue weighted by Crippen LogP contribution is -2.42. The van der Waals surface area contributed by atoms with Crippen LogP contribution in [0.25, 0.3) is 0 Å². The van der Waals surface area contributed by atoms with Crippen LogP contribution in [0.4, 0.5) is 5.69 Å². The number of fused-ring (bicyclic) bond motifs is 1. The molecule has 0 radical (unpaired) electrons. The van der Waals surface area contributed by atoms with E-state index in [0.717, 1.165) is 0 Å². The van der Waals surface area contributed by atoms with Crippen LogP contribution in [0.2, 0.25) is 0 Å². The molecule has 0 N–H and O–H groups in total. The van der Waals surface area contributed by atoms with Gasteiger partial charge in [0.25, 0.3) is 0 Å². The predicted octanol–water partition coefficient (Wildman–Crippen LogP) is 4.79. The van der Waals surface area contributed by atoms with Crippen molar-refractivity contribution in [1.82, 2.24) is 4.90 Å². The number of anilines is 1. The second-order valence-electron chi connectivity index (χ2n) is 7.96. The van der Waals surface area contributed by atoms with Gasteiger partial charge in [0.05, 0.1) is 6.04 Å². The molecule has 0 saturated carbocycles. The monoisotopic (exact) mass is 364 g/mol. The van der Waals surface area contributed by atoms with Crippen LogP contribution in [0.15, 0.2) is 48.5 Å². The molecule has 0 bridgehead atoms. The number of hydrogen-bond donors (Lipinski definition) is 0. The van der Waals surface area contributed by atoms with Crippen LogP contribution in [0.5, 0.6) is 0 Å². The number of benzene rings is 2. The Bertz CT molecular complexity index is 775. The van der Waals surface area contributed by atoms with Gasteiger partial charge in [-0.25, -0.2) is 0 Å². The van der Waals surface area contributed by atoms with Gasteiger partial charge in [0, 0.05) is 18.8 Å². The Morgan fingerprint density at radius 1 is 1.00 bits per heavy atom. The Balaban J connectivity index is 0.000000481. The Morgan fingerprint density at radius 3 is 2.26 bits per heavy atom. The third kappa shape index (κ3) is 4.41. The first-order valence-electron chi connectivity index (χ1n) is 10.1. The van der Waals surface area contributed by atoms with Crippen molar-refractivity contribution in [3.05, 3.63) is 65.2 Å². The molecular formula is C24H32N2O. The molecule has 2 atom stereocenters. The Morgan fingerprint density at radius 2 is 1.59 bits per heavy atom. The third-order valence-electron chi connectivity index (χ3n) is 5.69. The molecule has 2 aromatic carbocycles. The number of nitrogens with zero attached hydrogens (tertiary/aromatic N) is 2. The average Bonchev–Trinajstić information content (AvgIpc) is 3.28. The van der Waals surface area contributed by atoms with Gasteiger partial charge in [-0.2, -0.15) is 0 Å². The lowest BCUT2D eigenvalue weighted by atomic mass is 10.0. The number of ketones is 1. The van der Waals surface area contributed by atoms with Gasteiger partial charge in [-0.15, -0.1) is 0 Å². The van der Waals surface area contributed by atoms with Gasteiger partial charge in [-0.1, -0.05) is 42.5 Å². The van der Waals surface area contributed by atoms with Gasteiger partial charge < -0.3 is 9.69 Å². The first kappa shape index (κ1) is 19.6. The highest BCUT2D eigenvalue weighted by Crippen LogP contribution is 2.41. The normalized spacial score (nSPS) is 21.3. The van der Waals surface area contributed by atoms with Gasteiger partial charge in [-0.05, 0) is 75.9 Å². The summed E-state index contributed by atoms with van der Waals surface area (Å²) in [7, 11) is 2.28. The van der Waals surface area contributed by atoms with Crippen molar-refractivity contribution >= 4 is 11.5 Å². The molecule has 3 nitrogen and oxygen atoms in total. The summed E-state index contributed by atoms with van der Waals surface area (Å²) in [5.74, 6) is 0.167. The van der Waals surface area contributed by atoms with Crippen molar-refractivity contribution in [3.63, 3.8) is 0 Å². The summed E-state index contributed by atoms with van der Waals surface area (Å²) in [5.41, 5.74) is 5.78. The first-order valence-corrected chi connectivity index (χ1v) is 10.1. The summed E-state index contributed by atoms with van der Waals surface area (Å²) in [5, 5.41) is 0. The van der Waals surface area contributed by atoms with E-state index < -0.39 is 0 Å². The number of para-hydroxylation sites is 1. The molecule has 2 aromatic rings. The highest BCUT2D eigenvalue weighted by molar-refractivity contribution is 5.72. The number of Topliss-reactive ketones (excluding diaryl/α,β-unsaturated/α-hetero) is 1. The largest absolute Gasteiger partial charge is 0.366 e. The van der Waals surface area contributed by atoms with Crippen LogP contribution >= 0.6 is 0 Å². The lowest BCUT2D eigenvalue weighted by molar-refractivity contribution is -0.114. The minimum Gasteiger partial charge on any atom is -0.366 e. The summed E-state index contributed by atoms with van der Waals surface area (Å²) < 4.78 is 0. The molecule has 0 aromatic heterocycles. The maximum Gasteiger partial charge on any atom is 0.126 e. The fourth-order valence-electron chi connectivity index (χ4n) is 4.53. The molecule has 0 spiro atoms. The van der Waals surface area contributed by atoms with Gasteiger partial charge in [-0.3, -0.25) is 4.90 Å². The molecule has 2 aliphatic rings. The van der Waals surface area contributed by atoms with E-state index in [9.17, 15) is 4.79 Å². The molecule has 1 fully saturated rings. The quantitative estimate of drug-likeness (QED) is 0.782. The number of rotatable bonds is 3. The number of carbonyl (C=O) groups excluding carboxylic acids is 1. The molecule has 0 amide bonds. The zero-order chi connectivity index (χ0) is 19.4. The topological polar surface area (TPSA) is 23.6 Å². The van der Waals surface area contributed by atoms with Crippen molar-refractivity contribution in [3.8, 4) is 0 Å². The van der Waals surface area contributed by atoms with Crippen molar-refractivity contribution in [1.29, 1.82) is 0 Å². The maximum atomic E-state index is 9.44. The second-order valence-corrected chi connectivity index (χ2v) is 7.96. The molecule has 3 heteroatoms. The van der Waals surface area contributed by atoms with Gasteiger partial charge >= 0.3 is 0 Å². The van der Waals surface area contributed by atoms with Gasteiger partial charge in [0.1, 0.15) is 5.78 Å². The van der Waals surface area contributed by atoms with E-state index in [2.05, 4.69) is 72.3 Å². The first-order chi connectivity index (χ1) is 13.0. The molecule has 1 saturated heterocycles. The smallest absolute Gasteiger partial charge is 0.126 e. The van der Waals surface area contributed by atoms with Crippen molar-refractivity contribution in [2.45, 2.75) is 52.1 Å². The Labute approximate surface area is 164 Å². The van der Waals surface area contributed by atoms with Gasteiger partial charge in [0.15, 0.2) is 0 Å². The predicted molar refractivity (Wildman–Crippen MR) is 113 cm³/mol. The second kappa shape index (κ2) is 8.71. The highest BCUT2D eigenvalue weighted by Gasteiger charge is 2.39. The highest BCUT2D eigenvalue weighted by atomic mass is 16.1. The Hall–Kier alpha value is -2.13. The third-order valence-corrected chi connectivity index (χ3v) is 5.69. The van der Waals surface area contributed by atoms with Crippen molar-refractivity contribution in [2.24, 2.45) is 0 Å². The molecule has 1 heterocycles. The average molecular weight is 365 g/mol. The zero-order valence-electron chi connectivity index (χ0n) is 17.1. The lowest BCUT2D eigenvalue weighted by Gasteiger charge is -2.37. The van der Waals surface area contributed by atoms with Crippen LogP contribution in [0.3, 0.4) is 0 Å². The van der Waals surface area contributed by atoms with Crippen LogP contribution in [0.1, 0.15) is 49.4 Å². The van der Waals surface area contributed by atoms with Crippen molar-refractivity contribution < 1.29 is 4.79 Å². The summed E-state index contributed by atoms with van der Waals surface area (Å²) in [6.45, 7) is 7.80. The van der Waals surface area contributed by atoms with E-state index in [0.29, 0.717) is 12.1 Å². The fourth-order valence-corrected chi connectivity index (χ4v) is 4.53. The number of likely N-dealkylation sites (tertiary alicyclic amines) is 1. The van der Waals surface area contributed by atoms with Crippen LogP contribution in [-0.2, 0) is 11.2 Å². The van der Waals surface area contributed by atoms with Crippen LogP contribution < -0.4 is 4.90 Å². The van der Waals surface area contributed by atoms with E-state index in [1.54, 1.807) is 0 Å². The molecule has 1 aliphatic carbocycles. The summed E-state index contributed by atoms with van der Waals surface area (Å²) in [4.78, 5) is 14.7. The number of hydrogen-bond acceptors (Lipinski definition) is 3. The standard InChI is InChI=1S/C21H26N2.C3H6O/c1-16-9-3-6-12-19(16)22(2)21-18-11-5-4-10-17(18)15-20(21)23-13-7-8-14-23;1-3(2)4/h3-6,9-12,20-21H,7-8,13-15H2,1-2H3;1-2H3. The molecule has 144 valence electrons. The SMILES string of the molecule is CC(C)=O.Cc1ccccc1N(C)C1c2ccccc2CC1N1CCCC1. The minimum atomic E-state index is 0.167. The number of aryl methyl sites for hydroxylation is 1. The van der Waals surface area contributed by atoms with E-state index in [-0.39, 0.29) is 5.78 Å². The summed E-state index contributed by atoms with van der Waals surface area (Å²) in [6, 6.07) is 18.9. The van der Waals surface area contributed by atoms with E-state index in [1.807, 2.05) is 0 Å². The van der Waals surface area contributed by atoms with Gasteiger partial charge in [0.2, 0.25) is 0 Å². The maximum absolute atomic E-state index is 9.44. The van der Waals surface area contributed by atoms with Crippen LogP contribution in [0, 0.1) is 6.92 Å². The molecule has 4 rings (SSSR count). The molecule has 2 unspecified atom stereocenters.